The van der Waals surface area contributed by atoms with Crippen molar-refractivity contribution in [3.05, 3.63) is 58.7 Å². The summed E-state index contributed by atoms with van der Waals surface area (Å²) in [7, 11) is 1.50. The lowest BCUT2D eigenvalue weighted by Gasteiger charge is -2.31. The van der Waals surface area contributed by atoms with Crippen molar-refractivity contribution in [3.8, 4) is 5.88 Å². The number of Topliss-reactive ketones (excluding diaryl/α,β-unsaturated/α-hetero) is 1. The van der Waals surface area contributed by atoms with Crippen molar-refractivity contribution in [2.24, 2.45) is 5.92 Å². The van der Waals surface area contributed by atoms with Gasteiger partial charge in [-0.2, -0.15) is 13.2 Å². The zero-order chi connectivity index (χ0) is 26.0. The normalized spacial score (nSPS) is 14.4. The molecule has 1 aromatic carbocycles. The minimum Gasteiger partial charge on any atom is -0.480 e. The predicted molar refractivity (Wildman–Crippen MR) is 122 cm³/mol. The smallest absolute Gasteiger partial charge is 0.480 e. The maximum Gasteiger partial charge on any atom is 0.490 e. The van der Waals surface area contributed by atoms with Crippen molar-refractivity contribution in [1.82, 2.24) is 15.2 Å². The molecular weight excluding hydrogens is 491 g/mol. The van der Waals surface area contributed by atoms with Gasteiger partial charge in [0.1, 0.15) is 5.56 Å². The molecule has 190 valence electrons. The van der Waals surface area contributed by atoms with Gasteiger partial charge in [0.2, 0.25) is 5.88 Å². The lowest BCUT2D eigenvalue weighted by molar-refractivity contribution is -0.192. The lowest BCUT2D eigenvalue weighted by atomic mass is 9.96. The van der Waals surface area contributed by atoms with Gasteiger partial charge in [-0.3, -0.25) is 14.5 Å². The van der Waals surface area contributed by atoms with Crippen LogP contribution in [-0.4, -0.2) is 72.1 Å². The molecule has 0 bridgehead atoms. The van der Waals surface area contributed by atoms with Crippen molar-refractivity contribution in [3.63, 3.8) is 0 Å². The summed E-state index contributed by atoms with van der Waals surface area (Å²) in [6, 6.07) is 10.4. The van der Waals surface area contributed by atoms with Crippen LogP contribution in [0.15, 0.2) is 42.6 Å². The Morgan fingerprint density at radius 3 is 2.31 bits per heavy atom. The highest BCUT2D eigenvalue weighted by Gasteiger charge is 2.38. The number of halogens is 4. The molecule has 0 spiro atoms. The van der Waals surface area contributed by atoms with E-state index in [0.29, 0.717) is 41.0 Å². The SMILES string of the molecule is COc1ncccc1C(=O)NCC1CCN(CC(=O)c2ccc(Cl)cc2)CC1.O=C(O)C(F)(F)F. The monoisotopic (exact) mass is 515 g/mol. The number of ether oxygens (including phenoxy) is 1. The highest BCUT2D eigenvalue weighted by atomic mass is 35.5. The van der Waals surface area contributed by atoms with Crippen molar-refractivity contribution in [1.29, 1.82) is 0 Å². The van der Waals surface area contributed by atoms with Gasteiger partial charge in [0.15, 0.2) is 5.78 Å². The number of carboxylic acid groups (broad SMARTS) is 1. The lowest BCUT2D eigenvalue weighted by Crippen LogP contribution is -2.40. The second kappa shape index (κ2) is 13.1. The van der Waals surface area contributed by atoms with Crippen LogP contribution < -0.4 is 10.1 Å². The first-order chi connectivity index (χ1) is 16.5. The third kappa shape index (κ3) is 9.18. The van der Waals surface area contributed by atoms with Crippen molar-refractivity contribution in [2.45, 2.75) is 19.0 Å². The molecule has 0 unspecified atom stereocenters. The molecule has 0 radical (unpaired) electrons. The summed E-state index contributed by atoms with van der Waals surface area (Å²) in [5, 5.41) is 10.7. The molecule has 0 aliphatic carbocycles. The standard InChI is InChI=1S/C21H24ClN3O3.C2HF3O2/c1-28-21-18(3-2-10-23-21)20(27)24-13-15-8-11-25(12-9-15)14-19(26)16-4-6-17(22)7-5-16;3-2(4,5)1(6)7/h2-7,10,15H,8-9,11-14H2,1H3,(H,24,27);(H,6,7). The molecule has 1 aliphatic heterocycles. The van der Waals surface area contributed by atoms with E-state index in [-0.39, 0.29) is 11.7 Å². The van der Waals surface area contributed by atoms with Gasteiger partial charge in [0.05, 0.1) is 13.7 Å². The number of amides is 1. The maximum absolute atomic E-state index is 12.4. The Morgan fingerprint density at radius 1 is 1.17 bits per heavy atom. The number of methoxy groups -OCH3 is 1. The van der Waals surface area contributed by atoms with Crippen LogP contribution in [0, 0.1) is 5.92 Å². The van der Waals surface area contributed by atoms with E-state index in [1.165, 1.54) is 7.11 Å². The van der Waals surface area contributed by atoms with Crippen molar-refractivity contribution >= 4 is 29.3 Å². The summed E-state index contributed by atoms with van der Waals surface area (Å²) < 4.78 is 36.9. The summed E-state index contributed by atoms with van der Waals surface area (Å²) in [5.74, 6) is -2.10. The van der Waals surface area contributed by atoms with Gasteiger partial charge in [0, 0.05) is 23.3 Å². The molecule has 2 heterocycles. The predicted octanol–water partition coefficient (Wildman–Crippen LogP) is 3.70. The highest BCUT2D eigenvalue weighted by Crippen LogP contribution is 2.19. The number of hydrogen-bond acceptors (Lipinski definition) is 6. The second-order valence-corrected chi connectivity index (χ2v) is 8.16. The molecular formula is C23H25ClF3N3O5. The summed E-state index contributed by atoms with van der Waals surface area (Å²) in [6.07, 6.45) is -1.60. The zero-order valence-corrected chi connectivity index (χ0v) is 19.6. The number of hydrogen-bond donors (Lipinski definition) is 2. The number of rotatable bonds is 7. The van der Waals surface area contributed by atoms with E-state index >= 15 is 0 Å². The van der Waals surface area contributed by atoms with Gasteiger partial charge in [0.25, 0.3) is 5.91 Å². The number of likely N-dealkylation sites (tertiary alicyclic amines) is 1. The van der Waals surface area contributed by atoms with Gasteiger partial charge in [-0.05, 0) is 68.2 Å². The van der Waals surface area contributed by atoms with Crippen LogP contribution in [0.1, 0.15) is 33.6 Å². The average Bonchev–Trinajstić information content (AvgIpc) is 2.83. The molecule has 1 amide bonds. The second-order valence-electron chi connectivity index (χ2n) is 7.72. The van der Waals surface area contributed by atoms with Crippen LogP contribution in [0.3, 0.4) is 0 Å². The average molecular weight is 516 g/mol. The third-order valence-corrected chi connectivity index (χ3v) is 5.50. The Labute approximate surface area is 205 Å². The van der Waals surface area contributed by atoms with Crippen molar-refractivity contribution < 1.29 is 37.4 Å². The van der Waals surface area contributed by atoms with E-state index in [1.807, 2.05) is 0 Å². The Hall–Kier alpha value is -3.18. The minimum absolute atomic E-state index is 0.104. The molecule has 1 fully saturated rings. The largest absolute Gasteiger partial charge is 0.490 e. The number of carbonyl (C=O) groups is 3. The Balaban J connectivity index is 0.000000540. The van der Waals surface area contributed by atoms with Gasteiger partial charge in [-0.1, -0.05) is 11.6 Å². The molecule has 2 N–H and O–H groups in total. The molecule has 12 heteroatoms. The molecule has 8 nitrogen and oxygen atoms in total. The summed E-state index contributed by atoms with van der Waals surface area (Å²) in [4.78, 5) is 39.9. The topological polar surface area (TPSA) is 109 Å². The van der Waals surface area contributed by atoms with Crippen LogP contribution in [0.4, 0.5) is 13.2 Å². The number of nitrogens with zero attached hydrogens (tertiary/aromatic N) is 2. The first-order valence-electron chi connectivity index (χ1n) is 10.6. The Bertz CT molecular complexity index is 1010. The number of alkyl halides is 3. The Kier molecular flexibility index (Phi) is 10.5. The van der Waals surface area contributed by atoms with Crippen LogP contribution in [0.5, 0.6) is 5.88 Å². The van der Waals surface area contributed by atoms with E-state index in [0.717, 1.165) is 25.9 Å². The summed E-state index contributed by atoms with van der Waals surface area (Å²) >= 11 is 5.87. The molecule has 0 atom stereocenters. The number of piperidine rings is 1. The van der Waals surface area contributed by atoms with E-state index in [2.05, 4.69) is 15.2 Å². The molecule has 2 aromatic rings. The molecule has 35 heavy (non-hydrogen) atoms. The highest BCUT2D eigenvalue weighted by molar-refractivity contribution is 6.30. The van der Waals surface area contributed by atoms with E-state index in [9.17, 15) is 22.8 Å². The van der Waals surface area contributed by atoms with Crippen LogP contribution >= 0.6 is 11.6 Å². The van der Waals surface area contributed by atoms with E-state index < -0.39 is 12.1 Å². The number of ketones is 1. The van der Waals surface area contributed by atoms with Crippen LogP contribution in [-0.2, 0) is 4.79 Å². The molecule has 1 aliphatic rings. The summed E-state index contributed by atoms with van der Waals surface area (Å²) in [6.45, 7) is 2.70. The Morgan fingerprint density at radius 2 is 1.77 bits per heavy atom. The molecule has 1 saturated heterocycles. The molecule has 1 aromatic heterocycles. The minimum atomic E-state index is -5.08. The number of aliphatic carboxylic acids is 1. The van der Waals surface area contributed by atoms with Gasteiger partial charge < -0.3 is 15.2 Å². The molecule has 0 saturated carbocycles. The summed E-state index contributed by atoms with van der Waals surface area (Å²) in [5.41, 5.74) is 1.13. The van der Waals surface area contributed by atoms with Gasteiger partial charge in [-0.25, -0.2) is 9.78 Å². The fourth-order valence-electron chi connectivity index (χ4n) is 3.34. The number of benzene rings is 1. The zero-order valence-electron chi connectivity index (χ0n) is 18.8. The number of nitrogens with one attached hydrogen (secondary N) is 1. The number of carbonyl (C=O) groups excluding carboxylic acids is 2. The first-order valence-corrected chi connectivity index (χ1v) is 11.0. The van der Waals surface area contributed by atoms with Crippen molar-refractivity contribution in [2.75, 3.05) is 33.3 Å². The number of aromatic nitrogens is 1. The van der Waals surface area contributed by atoms with Crippen LogP contribution in [0.2, 0.25) is 5.02 Å². The fourth-order valence-corrected chi connectivity index (χ4v) is 3.46. The first kappa shape index (κ1) is 28.1. The quantitative estimate of drug-likeness (QED) is 0.541. The number of carboxylic acids is 1. The van der Waals surface area contributed by atoms with E-state index in [1.54, 1.807) is 42.6 Å². The van der Waals surface area contributed by atoms with E-state index in [4.69, 9.17) is 26.2 Å². The third-order valence-electron chi connectivity index (χ3n) is 5.24. The number of pyridine rings is 1. The fraction of sp³-hybridized carbons (Fsp3) is 0.391. The maximum atomic E-state index is 12.4. The van der Waals surface area contributed by atoms with Crippen LogP contribution in [0.25, 0.3) is 0 Å². The molecule has 3 rings (SSSR count). The van der Waals surface area contributed by atoms with Gasteiger partial charge >= 0.3 is 12.1 Å². The van der Waals surface area contributed by atoms with Gasteiger partial charge in [-0.15, -0.1) is 0 Å².